The number of furan rings is 1. The molecule has 2 heteroatoms. The molecular weight excluding hydrogens is 486 g/mol. The first-order chi connectivity index (χ1) is 19.8. The van der Waals surface area contributed by atoms with E-state index in [1.807, 2.05) is 6.07 Å². The molecule has 2 nitrogen and oxygen atoms in total. The summed E-state index contributed by atoms with van der Waals surface area (Å²) < 4.78 is 8.91. The zero-order valence-electron chi connectivity index (χ0n) is 21.5. The maximum absolute atomic E-state index is 6.47. The summed E-state index contributed by atoms with van der Waals surface area (Å²) in [6.45, 7) is 0. The van der Waals surface area contributed by atoms with E-state index in [0.29, 0.717) is 0 Å². The van der Waals surface area contributed by atoms with Crippen LogP contribution >= 0.6 is 0 Å². The molecule has 0 spiro atoms. The van der Waals surface area contributed by atoms with E-state index in [4.69, 9.17) is 4.42 Å². The molecule has 0 aliphatic carbocycles. The van der Waals surface area contributed by atoms with E-state index in [1.54, 1.807) is 0 Å². The molecule has 0 N–H and O–H groups in total. The van der Waals surface area contributed by atoms with Crippen molar-refractivity contribution in [2.75, 3.05) is 0 Å². The van der Waals surface area contributed by atoms with Crippen LogP contribution in [0.5, 0.6) is 0 Å². The molecule has 0 unspecified atom stereocenters. The first-order valence-corrected chi connectivity index (χ1v) is 13.8. The van der Waals surface area contributed by atoms with Crippen molar-refractivity contribution in [2.45, 2.75) is 0 Å². The van der Waals surface area contributed by atoms with Gasteiger partial charge >= 0.3 is 0 Å². The average molecular weight is 508 g/mol. The summed E-state index contributed by atoms with van der Waals surface area (Å²) in [5, 5.41) is 12.5. The van der Waals surface area contributed by atoms with Crippen molar-refractivity contribution in [3.63, 3.8) is 0 Å². The topological polar surface area (TPSA) is 17.6 Å². The van der Waals surface area contributed by atoms with E-state index in [1.165, 1.54) is 76.2 Å². The summed E-state index contributed by atoms with van der Waals surface area (Å²) in [4.78, 5) is 0. The quantitative estimate of drug-likeness (QED) is 0.202. The molecule has 7 aromatic carbocycles. The molecule has 184 valence electrons. The van der Waals surface area contributed by atoms with Crippen molar-refractivity contribution in [3.8, 4) is 11.1 Å². The number of rotatable bonds is 1. The fourth-order valence-corrected chi connectivity index (χ4v) is 7.20. The summed E-state index contributed by atoms with van der Waals surface area (Å²) in [6, 6.07) is 46.3. The maximum atomic E-state index is 6.47. The van der Waals surface area contributed by atoms with Crippen LogP contribution in [0.1, 0.15) is 0 Å². The second-order valence-electron chi connectivity index (χ2n) is 10.9. The molecule has 3 aromatic heterocycles. The molecule has 40 heavy (non-hydrogen) atoms. The monoisotopic (exact) mass is 507 g/mol. The predicted octanol–water partition coefficient (Wildman–Crippen LogP) is 10.7. The molecule has 0 fully saturated rings. The molecule has 0 aliphatic rings. The van der Waals surface area contributed by atoms with Crippen LogP contribution in [-0.2, 0) is 0 Å². The van der Waals surface area contributed by atoms with Gasteiger partial charge < -0.3 is 8.82 Å². The first kappa shape index (κ1) is 20.6. The fourth-order valence-electron chi connectivity index (χ4n) is 7.20. The van der Waals surface area contributed by atoms with Crippen LogP contribution in [0.3, 0.4) is 0 Å². The molecule has 10 rings (SSSR count). The van der Waals surface area contributed by atoms with Gasteiger partial charge in [0.25, 0.3) is 0 Å². The summed E-state index contributed by atoms with van der Waals surface area (Å²) in [5.41, 5.74) is 8.17. The van der Waals surface area contributed by atoms with Crippen molar-refractivity contribution >= 4 is 81.6 Å². The minimum atomic E-state index is 0.934. The van der Waals surface area contributed by atoms with Crippen molar-refractivity contribution in [1.82, 2.24) is 4.40 Å². The first-order valence-electron chi connectivity index (χ1n) is 13.8. The van der Waals surface area contributed by atoms with E-state index in [-0.39, 0.29) is 0 Å². The van der Waals surface area contributed by atoms with Gasteiger partial charge in [0.2, 0.25) is 0 Å². The standard InChI is InChI=1S/C38H21NO/c1-2-10-26-24(8-1)31-20-22(16-18-29(31)38-36(26)30-11-4-6-15-35(30)40-38)23-17-19-34-32(21-23)28-13-7-12-27-25-9-3-5-14-33(25)39(34)37(27)28/h1-21H. The Hall–Kier alpha value is -5.34. The Morgan fingerprint density at radius 3 is 1.90 bits per heavy atom. The summed E-state index contributed by atoms with van der Waals surface area (Å²) in [7, 11) is 0. The highest BCUT2D eigenvalue weighted by atomic mass is 16.3. The molecule has 0 bridgehead atoms. The number of aromatic nitrogens is 1. The molecule has 3 heterocycles. The van der Waals surface area contributed by atoms with Gasteiger partial charge in [-0.1, -0.05) is 91.0 Å². The van der Waals surface area contributed by atoms with Crippen LogP contribution in [0.4, 0.5) is 0 Å². The minimum absolute atomic E-state index is 0.934. The van der Waals surface area contributed by atoms with Crippen LogP contribution in [0.15, 0.2) is 132 Å². The van der Waals surface area contributed by atoms with Crippen LogP contribution in [0, 0.1) is 0 Å². The highest BCUT2D eigenvalue weighted by Gasteiger charge is 2.19. The Balaban J connectivity index is 1.28. The third-order valence-electron chi connectivity index (χ3n) is 8.90. The van der Waals surface area contributed by atoms with Gasteiger partial charge in [-0.2, -0.15) is 0 Å². The number of benzene rings is 7. The Bertz CT molecular complexity index is 2650. The Labute approximate surface area is 228 Å². The number of hydrogen-bond acceptors (Lipinski definition) is 1. The highest BCUT2D eigenvalue weighted by Crippen LogP contribution is 2.43. The molecule has 10 aromatic rings. The lowest BCUT2D eigenvalue weighted by atomic mass is 9.93. The van der Waals surface area contributed by atoms with E-state index in [0.717, 1.165) is 16.6 Å². The van der Waals surface area contributed by atoms with Gasteiger partial charge in [-0.15, -0.1) is 0 Å². The van der Waals surface area contributed by atoms with E-state index >= 15 is 0 Å². The van der Waals surface area contributed by atoms with Gasteiger partial charge in [0.15, 0.2) is 0 Å². The van der Waals surface area contributed by atoms with E-state index in [9.17, 15) is 0 Å². The van der Waals surface area contributed by atoms with Crippen molar-refractivity contribution in [1.29, 1.82) is 0 Å². The molecular formula is C38H21NO. The maximum Gasteiger partial charge on any atom is 0.143 e. The SMILES string of the molecule is c1ccc2c(c1)oc1c3ccc(-c4ccc5c(c4)c4cccc6c7ccccc7n5c64)cc3c3ccccc3c21. The van der Waals surface area contributed by atoms with Crippen LogP contribution in [-0.4, -0.2) is 4.40 Å². The molecule has 0 saturated carbocycles. The van der Waals surface area contributed by atoms with Gasteiger partial charge in [0.05, 0.1) is 16.6 Å². The zero-order chi connectivity index (χ0) is 25.9. The van der Waals surface area contributed by atoms with Crippen molar-refractivity contribution in [3.05, 3.63) is 127 Å². The van der Waals surface area contributed by atoms with Gasteiger partial charge in [0, 0.05) is 37.7 Å². The third-order valence-corrected chi connectivity index (χ3v) is 8.90. The Morgan fingerprint density at radius 2 is 1.02 bits per heavy atom. The number of fused-ring (bicyclic) bond motifs is 14. The van der Waals surface area contributed by atoms with Gasteiger partial charge in [-0.05, 0) is 63.7 Å². The molecule has 0 amide bonds. The van der Waals surface area contributed by atoms with Crippen LogP contribution in [0.2, 0.25) is 0 Å². The molecule has 0 saturated heterocycles. The van der Waals surface area contributed by atoms with Gasteiger partial charge in [-0.3, -0.25) is 0 Å². The Kier molecular flexibility index (Phi) is 3.70. The predicted molar refractivity (Wildman–Crippen MR) is 169 cm³/mol. The normalized spacial score (nSPS) is 12.5. The third kappa shape index (κ3) is 2.45. The summed E-state index contributed by atoms with van der Waals surface area (Å²) in [5.74, 6) is 0. The second kappa shape index (κ2) is 7.19. The van der Waals surface area contributed by atoms with Crippen LogP contribution < -0.4 is 0 Å². The highest BCUT2D eigenvalue weighted by molar-refractivity contribution is 6.30. The number of para-hydroxylation sites is 3. The Morgan fingerprint density at radius 1 is 0.400 bits per heavy atom. The molecule has 0 atom stereocenters. The second-order valence-corrected chi connectivity index (χ2v) is 10.9. The zero-order valence-corrected chi connectivity index (χ0v) is 21.5. The summed E-state index contributed by atoms with van der Waals surface area (Å²) >= 11 is 0. The van der Waals surface area contributed by atoms with E-state index in [2.05, 4.69) is 126 Å². The van der Waals surface area contributed by atoms with Gasteiger partial charge in [-0.25, -0.2) is 0 Å². The fraction of sp³-hybridized carbons (Fsp3) is 0. The van der Waals surface area contributed by atoms with Crippen molar-refractivity contribution in [2.24, 2.45) is 0 Å². The number of nitrogens with zero attached hydrogens (tertiary/aromatic N) is 1. The molecule has 0 radical (unpaired) electrons. The largest absolute Gasteiger partial charge is 0.455 e. The van der Waals surface area contributed by atoms with E-state index < -0.39 is 0 Å². The van der Waals surface area contributed by atoms with Crippen molar-refractivity contribution < 1.29 is 4.42 Å². The van der Waals surface area contributed by atoms with Crippen LogP contribution in [0.25, 0.3) is 92.7 Å². The average Bonchev–Trinajstić information content (AvgIpc) is 3.68. The van der Waals surface area contributed by atoms with Gasteiger partial charge in [0.1, 0.15) is 11.2 Å². The smallest absolute Gasteiger partial charge is 0.143 e. The molecule has 0 aliphatic heterocycles. The number of hydrogen-bond donors (Lipinski definition) is 0. The lowest BCUT2D eigenvalue weighted by Crippen LogP contribution is -1.84. The lowest BCUT2D eigenvalue weighted by Gasteiger charge is -2.10. The summed E-state index contributed by atoms with van der Waals surface area (Å²) in [6.07, 6.45) is 0. The minimum Gasteiger partial charge on any atom is -0.455 e. The lowest BCUT2D eigenvalue weighted by molar-refractivity contribution is 0.673.